The van der Waals surface area contributed by atoms with Gasteiger partial charge in [0.2, 0.25) is 5.91 Å². The monoisotopic (exact) mass is 432 g/mol. The van der Waals surface area contributed by atoms with E-state index >= 15 is 0 Å². The van der Waals surface area contributed by atoms with Crippen molar-refractivity contribution >= 4 is 33.8 Å². The minimum Gasteiger partial charge on any atom is -0.543 e. The van der Waals surface area contributed by atoms with E-state index in [2.05, 4.69) is 0 Å². The normalized spacial score (nSPS) is 27.9. The van der Waals surface area contributed by atoms with Crippen LogP contribution in [-0.4, -0.2) is 40.1 Å². The number of nitrogens with zero attached hydrogens (tertiary/aromatic N) is 1. The second-order valence-electron chi connectivity index (χ2n) is 8.93. The van der Waals surface area contributed by atoms with E-state index in [0.29, 0.717) is 23.3 Å². The van der Waals surface area contributed by atoms with Crippen molar-refractivity contribution in [2.24, 2.45) is 11.8 Å². The van der Waals surface area contributed by atoms with E-state index in [1.807, 2.05) is 42.5 Å². The first-order valence-electron chi connectivity index (χ1n) is 11.0. The van der Waals surface area contributed by atoms with E-state index in [1.54, 1.807) is 6.92 Å². The molecule has 6 rings (SSSR count). The van der Waals surface area contributed by atoms with Crippen LogP contribution in [0.4, 0.5) is 0 Å². The molecule has 1 amide bonds. The molecule has 1 saturated carbocycles. The van der Waals surface area contributed by atoms with Crippen molar-refractivity contribution in [1.82, 2.24) is 4.90 Å². The number of fused-ring (bicyclic) bond motifs is 6. The zero-order chi connectivity index (χ0) is 22.1. The van der Waals surface area contributed by atoms with Gasteiger partial charge in [0.15, 0.2) is 0 Å². The molecule has 164 valence electrons. The molecule has 0 spiro atoms. The van der Waals surface area contributed by atoms with Gasteiger partial charge in [0.1, 0.15) is 23.0 Å². The number of rotatable bonds is 4. The average molecular weight is 432 g/mol. The van der Waals surface area contributed by atoms with E-state index in [-0.39, 0.29) is 23.6 Å². The molecule has 2 fully saturated rings. The van der Waals surface area contributed by atoms with Gasteiger partial charge in [-0.05, 0) is 44.4 Å². The minimum absolute atomic E-state index is 0.0733. The first kappa shape index (κ1) is 19.4. The van der Waals surface area contributed by atoms with Gasteiger partial charge in [0.25, 0.3) is 0 Å². The number of hydrogen-bond acceptors (Lipinski definition) is 6. The first-order chi connectivity index (χ1) is 15.5. The summed E-state index contributed by atoms with van der Waals surface area (Å²) in [7, 11) is 0. The molecular weight excluding hydrogens is 410 g/mol. The Kier molecular flexibility index (Phi) is 4.14. The maximum absolute atomic E-state index is 12.7. The molecule has 1 aromatic heterocycles. The van der Waals surface area contributed by atoms with Gasteiger partial charge < -0.3 is 29.1 Å². The molecule has 3 heterocycles. The van der Waals surface area contributed by atoms with Crippen LogP contribution in [0.2, 0.25) is 0 Å². The van der Waals surface area contributed by atoms with Gasteiger partial charge in [-0.3, -0.25) is 4.79 Å². The third-order valence-electron chi connectivity index (χ3n) is 7.19. The first-order valence-corrected chi connectivity index (χ1v) is 11.0. The number of carbonyl (C=O) groups excluding carboxylic acids is 2. The van der Waals surface area contributed by atoms with Gasteiger partial charge in [0, 0.05) is 16.9 Å². The van der Waals surface area contributed by atoms with E-state index < -0.39 is 24.1 Å². The zero-order valence-electron chi connectivity index (χ0n) is 17.5. The average Bonchev–Trinajstić information content (AvgIpc) is 3.28. The highest BCUT2D eigenvalue weighted by Gasteiger charge is 2.61. The Balaban J connectivity index is 1.44. The van der Waals surface area contributed by atoms with Crippen LogP contribution in [0.1, 0.15) is 26.2 Å². The lowest BCUT2D eigenvalue weighted by molar-refractivity contribution is -0.301. The molecule has 1 N–H and O–H groups in total. The van der Waals surface area contributed by atoms with Crippen LogP contribution in [0.15, 0.2) is 58.2 Å². The summed E-state index contributed by atoms with van der Waals surface area (Å²) in [6.07, 6.45) is 0.907. The molecule has 7 heteroatoms. The highest BCUT2D eigenvalue weighted by Crippen LogP contribution is 2.53. The zero-order valence-corrected chi connectivity index (χ0v) is 17.5. The SMILES string of the molecule is CC(O)C1C(=O)N2C(C(=O)[O-])=C3C(Oc4cccc5oc6ccccc6c45)CCCC3C12. The maximum atomic E-state index is 12.7. The number of aliphatic carboxylic acids is 1. The third kappa shape index (κ3) is 2.51. The highest BCUT2D eigenvalue weighted by atomic mass is 16.5. The standard InChI is InChI=1S/C25H23NO6/c1-12(27)19-22-14-7-4-9-18(21(14)23(25(29)30)26(22)24(19)28)32-17-11-5-10-16-20(17)13-6-2-3-8-15(13)31-16/h2-3,5-6,8,10-12,14,18-19,22,27H,4,7,9H2,1H3,(H,29,30)/p-1. The summed E-state index contributed by atoms with van der Waals surface area (Å²) in [5.41, 5.74) is 1.99. The fourth-order valence-electron chi connectivity index (χ4n) is 5.94. The number of furan rings is 1. The Labute approximate surface area is 183 Å². The van der Waals surface area contributed by atoms with E-state index in [1.165, 1.54) is 4.90 Å². The van der Waals surface area contributed by atoms with Gasteiger partial charge >= 0.3 is 0 Å². The largest absolute Gasteiger partial charge is 0.543 e. The van der Waals surface area contributed by atoms with Crippen LogP contribution >= 0.6 is 0 Å². The summed E-state index contributed by atoms with van der Waals surface area (Å²) >= 11 is 0. The number of aliphatic hydroxyl groups is 1. The van der Waals surface area contributed by atoms with E-state index in [0.717, 1.165) is 29.2 Å². The van der Waals surface area contributed by atoms with Crippen molar-refractivity contribution in [3.8, 4) is 5.75 Å². The Bertz CT molecular complexity index is 1300. The molecule has 2 aliphatic heterocycles. The van der Waals surface area contributed by atoms with Gasteiger partial charge in [0.05, 0.1) is 35.1 Å². The van der Waals surface area contributed by atoms with E-state index in [9.17, 15) is 19.8 Å². The minimum atomic E-state index is -1.37. The Morgan fingerprint density at radius 3 is 2.75 bits per heavy atom. The number of amides is 1. The molecule has 3 aliphatic rings. The molecule has 7 nitrogen and oxygen atoms in total. The van der Waals surface area contributed by atoms with Crippen LogP contribution < -0.4 is 9.84 Å². The number of carboxylic acid groups (broad SMARTS) is 1. The number of aliphatic hydroxyl groups excluding tert-OH is 1. The molecule has 1 saturated heterocycles. The Morgan fingerprint density at radius 1 is 1.19 bits per heavy atom. The quantitative estimate of drug-likeness (QED) is 0.635. The van der Waals surface area contributed by atoms with Crippen molar-refractivity contribution in [2.45, 2.75) is 44.4 Å². The number of β-lactam (4-membered cyclic amide) rings is 1. The number of carbonyl (C=O) groups is 2. The topological polar surface area (TPSA) is 103 Å². The van der Waals surface area contributed by atoms with Crippen LogP contribution in [0.25, 0.3) is 21.9 Å². The van der Waals surface area contributed by atoms with Crippen molar-refractivity contribution in [3.63, 3.8) is 0 Å². The van der Waals surface area contributed by atoms with Crippen LogP contribution in [0.5, 0.6) is 5.75 Å². The number of carboxylic acids is 1. The van der Waals surface area contributed by atoms with Gasteiger partial charge in [-0.25, -0.2) is 0 Å². The molecule has 2 aromatic carbocycles. The lowest BCUT2D eigenvalue weighted by Crippen LogP contribution is -2.64. The maximum Gasteiger partial charge on any atom is 0.235 e. The number of ether oxygens (including phenoxy) is 1. The van der Waals surface area contributed by atoms with Crippen molar-refractivity contribution in [3.05, 3.63) is 53.7 Å². The molecule has 3 aromatic rings. The van der Waals surface area contributed by atoms with Crippen LogP contribution in [0.3, 0.4) is 0 Å². The molecule has 1 aliphatic carbocycles. The fraction of sp³-hybridized carbons (Fsp3) is 0.360. The molecule has 0 radical (unpaired) electrons. The summed E-state index contributed by atoms with van der Waals surface area (Å²) < 4.78 is 12.4. The molecule has 5 atom stereocenters. The van der Waals surface area contributed by atoms with Crippen LogP contribution in [0, 0.1) is 11.8 Å². The second-order valence-corrected chi connectivity index (χ2v) is 8.93. The lowest BCUT2D eigenvalue weighted by Gasteiger charge is -2.48. The fourth-order valence-corrected chi connectivity index (χ4v) is 5.94. The third-order valence-corrected chi connectivity index (χ3v) is 7.19. The molecule has 5 unspecified atom stereocenters. The summed E-state index contributed by atoms with van der Waals surface area (Å²) in [6, 6.07) is 13.0. The summed E-state index contributed by atoms with van der Waals surface area (Å²) in [5, 5.41) is 24.0. The van der Waals surface area contributed by atoms with Crippen molar-refractivity contribution in [2.75, 3.05) is 0 Å². The number of benzene rings is 2. The second kappa shape index (κ2) is 6.84. The summed E-state index contributed by atoms with van der Waals surface area (Å²) in [5.74, 6) is -1.85. The predicted molar refractivity (Wildman–Crippen MR) is 113 cm³/mol. The number of para-hydroxylation sites is 1. The van der Waals surface area contributed by atoms with E-state index in [4.69, 9.17) is 9.15 Å². The lowest BCUT2D eigenvalue weighted by atomic mass is 9.71. The molecule has 32 heavy (non-hydrogen) atoms. The Hall–Kier alpha value is -3.32. The van der Waals surface area contributed by atoms with Crippen molar-refractivity contribution < 1.29 is 29.0 Å². The summed E-state index contributed by atoms with van der Waals surface area (Å²) in [4.78, 5) is 26.1. The Morgan fingerprint density at radius 2 is 1.97 bits per heavy atom. The summed E-state index contributed by atoms with van der Waals surface area (Å²) in [6.45, 7) is 1.58. The van der Waals surface area contributed by atoms with Gasteiger partial charge in [-0.15, -0.1) is 0 Å². The van der Waals surface area contributed by atoms with Crippen molar-refractivity contribution in [1.29, 1.82) is 0 Å². The molecular formula is C25H22NO6-. The van der Waals surface area contributed by atoms with Crippen LogP contribution in [-0.2, 0) is 9.59 Å². The predicted octanol–water partition coefficient (Wildman–Crippen LogP) is 2.36. The smallest absolute Gasteiger partial charge is 0.235 e. The highest BCUT2D eigenvalue weighted by molar-refractivity contribution is 6.08. The number of hydrogen-bond donors (Lipinski definition) is 1. The molecule has 0 bridgehead atoms. The van der Waals surface area contributed by atoms with Gasteiger partial charge in [-0.2, -0.15) is 0 Å². The van der Waals surface area contributed by atoms with Gasteiger partial charge in [-0.1, -0.05) is 24.3 Å².